The van der Waals surface area contributed by atoms with E-state index in [4.69, 9.17) is 5.73 Å². The Bertz CT molecular complexity index is 291. The molecule has 0 aromatic carbocycles. The van der Waals surface area contributed by atoms with Gasteiger partial charge in [0.05, 0.1) is 0 Å². The van der Waals surface area contributed by atoms with E-state index < -0.39 is 0 Å². The van der Waals surface area contributed by atoms with E-state index in [9.17, 15) is 0 Å². The number of hydrogen-bond acceptors (Lipinski definition) is 1. The highest BCUT2D eigenvalue weighted by atomic mass is 14.7. The summed E-state index contributed by atoms with van der Waals surface area (Å²) in [6.07, 6.45) is 13.7. The minimum absolute atomic E-state index is 0.440. The van der Waals surface area contributed by atoms with Crippen LogP contribution in [0.4, 0.5) is 0 Å². The van der Waals surface area contributed by atoms with E-state index in [1.165, 1.54) is 19.3 Å². The fraction of sp³-hybridized carbons (Fsp3) is 1.00. The SMILES string of the molecule is CC(N)C1(CC23CC4CC(CC(C4)C2)C3)CC1. The lowest BCUT2D eigenvalue weighted by Crippen LogP contribution is -2.48. The predicted octanol–water partition coefficient (Wildman–Crippen LogP) is 3.72. The highest BCUT2D eigenvalue weighted by Crippen LogP contribution is 2.66. The highest BCUT2D eigenvalue weighted by molar-refractivity contribution is 5.08. The summed E-state index contributed by atoms with van der Waals surface area (Å²) in [6, 6.07) is 0.440. The Hall–Kier alpha value is -0.0400. The van der Waals surface area contributed by atoms with Crippen LogP contribution in [0.25, 0.3) is 0 Å². The predicted molar refractivity (Wildman–Crippen MR) is 70.5 cm³/mol. The number of nitrogens with two attached hydrogens (primary N) is 1. The Morgan fingerprint density at radius 1 is 1.00 bits per heavy atom. The molecule has 1 atom stereocenters. The first-order chi connectivity index (χ1) is 8.09. The van der Waals surface area contributed by atoms with Gasteiger partial charge in [-0.2, -0.15) is 0 Å². The first-order valence-corrected chi connectivity index (χ1v) is 7.85. The Kier molecular flexibility index (Phi) is 2.10. The van der Waals surface area contributed by atoms with Gasteiger partial charge in [-0.3, -0.25) is 0 Å². The largest absolute Gasteiger partial charge is 0.327 e. The number of hydrogen-bond donors (Lipinski definition) is 1. The van der Waals surface area contributed by atoms with E-state index in [2.05, 4.69) is 6.92 Å². The molecular weight excluding hydrogens is 206 g/mol. The van der Waals surface area contributed by atoms with Crippen LogP contribution in [0.15, 0.2) is 0 Å². The van der Waals surface area contributed by atoms with Crippen molar-refractivity contribution in [3.8, 4) is 0 Å². The van der Waals surface area contributed by atoms with Crippen LogP contribution in [0.5, 0.6) is 0 Å². The summed E-state index contributed by atoms with van der Waals surface area (Å²) in [4.78, 5) is 0. The molecule has 0 aromatic heterocycles. The zero-order chi connectivity index (χ0) is 11.7. The van der Waals surface area contributed by atoms with Crippen LogP contribution in [0.2, 0.25) is 0 Å². The van der Waals surface area contributed by atoms with Crippen LogP contribution in [-0.2, 0) is 0 Å². The lowest BCUT2D eigenvalue weighted by atomic mass is 9.47. The Balaban J connectivity index is 1.57. The Morgan fingerprint density at radius 2 is 1.47 bits per heavy atom. The van der Waals surface area contributed by atoms with Gasteiger partial charge in [0, 0.05) is 6.04 Å². The smallest absolute Gasteiger partial charge is 0.00672 e. The Morgan fingerprint density at radius 3 is 1.82 bits per heavy atom. The Labute approximate surface area is 106 Å². The maximum atomic E-state index is 6.26. The maximum Gasteiger partial charge on any atom is 0.00672 e. The lowest BCUT2D eigenvalue weighted by Gasteiger charge is -2.58. The summed E-state index contributed by atoms with van der Waals surface area (Å²) in [7, 11) is 0. The van der Waals surface area contributed by atoms with Crippen LogP contribution >= 0.6 is 0 Å². The average molecular weight is 233 g/mol. The van der Waals surface area contributed by atoms with E-state index in [0.717, 1.165) is 23.2 Å². The lowest BCUT2D eigenvalue weighted by molar-refractivity contribution is -0.0693. The molecule has 5 aliphatic carbocycles. The molecule has 4 bridgehead atoms. The molecule has 0 amide bonds. The zero-order valence-electron chi connectivity index (χ0n) is 11.3. The van der Waals surface area contributed by atoms with Gasteiger partial charge in [-0.05, 0) is 93.3 Å². The molecule has 0 radical (unpaired) electrons. The fourth-order valence-electron chi connectivity index (χ4n) is 6.21. The van der Waals surface area contributed by atoms with Crippen molar-refractivity contribution in [3.63, 3.8) is 0 Å². The van der Waals surface area contributed by atoms with Gasteiger partial charge in [-0.1, -0.05) is 0 Å². The molecule has 17 heavy (non-hydrogen) atoms. The maximum absolute atomic E-state index is 6.26. The molecule has 0 spiro atoms. The second kappa shape index (κ2) is 3.29. The summed E-state index contributed by atoms with van der Waals surface area (Å²) in [5, 5.41) is 0. The van der Waals surface area contributed by atoms with Crippen molar-refractivity contribution in [2.75, 3.05) is 0 Å². The quantitative estimate of drug-likeness (QED) is 0.790. The third-order valence-electron chi connectivity index (χ3n) is 6.75. The topological polar surface area (TPSA) is 26.0 Å². The molecule has 0 aromatic rings. The van der Waals surface area contributed by atoms with Gasteiger partial charge in [0.2, 0.25) is 0 Å². The van der Waals surface area contributed by atoms with Crippen LogP contribution in [-0.4, -0.2) is 6.04 Å². The molecule has 1 nitrogen and oxygen atoms in total. The van der Waals surface area contributed by atoms with Crippen molar-refractivity contribution in [1.82, 2.24) is 0 Å². The third kappa shape index (κ3) is 1.61. The van der Waals surface area contributed by atoms with E-state index in [0.29, 0.717) is 11.5 Å². The van der Waals surface area contributed by atoms with Crippen molar-refractivity contribution < 1.29 is 0 Å². The van der Waals surface area contributed by atoms with Crippen molar-refractivity contribution in [2.45, 2.75) is 70.8 Å². The average Bonchev–Trinajstić information content (AvgIpc) is 2.95. The first-order valence-electron chi connectivity index (χ1n) is 7.85. The normalized spacial score (nSPS) is 51.5. The van der Waals surface area contributed by atoms with Gasteiger partial charge in [0.15, 0.2) is 0 Å². The van der Waals surface area contributed by atoms with Gasteiger partial charge < -0.3 is 5.73 Å². The van der Waals surface area contributed by atoms with E-state index in [-0.39, 0.29) is 0 Å². The second-order valence-corrected chi connectivity index (χ2v) is 8.25. The highest BCUT2D eigenvalue weighted by Gasteiger charge is 2.57. The summed E-state index contributed by atoms with van der Waals surface area (Å²) < 4.78 is 0. The zero-order valence-corrected chi connectivity index (χ0v) is 11.3. The first kappa shape index (κ1) is 10.8. The summed E-state index contributed by atoms with van der Waals surface area (Å²) in [5.74, 6) is 3.31. The van der Waals surface area contributed by atoms with E-state index in [1.54, 1.807) is 38.5 Å². The van der Waals surface area contributed by atoms with Crippen LogP contribution < -0.4 is 5.73 Å². The van der Waals surface area contributed by atoms with Crippen molar-refractivity contribution >= 4 is 0 Å². The van der Waals surface area contributed by atoms with Crippen molar-refractivity contribution in [1.29, 1.82) is 0 Å². The van der Waals surface area contributed by atoms with Gasteiger partial charge in [0.1, 0.15) is 0 Å². The number of rotatable bonds is 3. The minimum atomic E-state index is 0.440. The summed E-state index contributed by atoms with van der Waals surface area (Å²) in [5.41, 5.74) is 7.59. The van der Waals surface area contributed by atoms with E-state index >= 15 is 0 Å². The molecular formula is C16H27N. The molecule has 96 valence electrons. The molecule has 0 saturated heterocycles. The van der Waals surface area contributed by atoms with Crippen molar-refractivity contribution in [2.24, 2.45) is 34.3 Å². The van der Waals surface area contributed by atoms with Crippen molar-refractivity contribution in [3.05, 3.63) is 0 Å². The van der Waals surface area contributed by atoms with Crippen LogP contribution in [0.3, 0.4) is 0 Å². The van der Waals surface area contributed by atoms with Gasteiger partial charge in [0.25, 0.3) is 0 Å². The minimum Gasteiger partial charge on any atom is -0.327 e. The standard InChI is InChI=1S/C16H27N/c1-11(17)16(2-3-16)10-15-7-12-4-13(8-15)6-14(5-12)9-15/h11-14H,2-10,17H2,1H3. The third-order valence-corrected chi connectivity index (χ3v) is 6.75. The molecule has 1 unspecified atom stereocenters. The van der Waals surface area contributed by atoms with Gasteiger partial charge in [-0.25, -0.2) is 0 Å². The molecule has 2 N–H and O–H groups in total. The van der Waals surface area contributed by atoms with Crippen LogP contribution in [0, 0.1) is 28.6 Å². The van der Waals surface area contributed by atoms with Crippen LogP contribution in [0.1, 0.15) is 64.7 Å². The second-order valence-electron chi connectivity index (χ2n) is 8.25. The molecule has 5 aliphatic rings. The molecule has 5 rings (SSSR count). The summed E-state index contributed by atoms with van der Waals surface area (Å²) >= 11 is 0. The molecule has 5 fully saturated rings. The molecule has 0 heterocycles. The van der Waals surface area contributed by atoms with Gasteiger partial charge in [-0.15, -0.1) is 0 Å². The molecule has 0 aliphatic heterocycles. The monoisotopic (exact) mass is 233 g/mol. The summed E-state index contributed by atoms with van der Waals surface area (Å²) in [6.45, 7) is 2.26. The fourth-order valence-corrected chi connectivity index (χ4v) is 6.21. The molecule has 1 heteroatoms. The van der Waals surface area contributed by atoms with E-state index in [1.807, 2.05) is 0 Å². The van der Waals surface area contributed by atoms with Gasteiger partial charge >= 0.3 is 0 Å². The molecule has 5 saturated carbocycles.